The summed E-state index contributed by atoms with van der Waals surface area (Å²) in [5.41, 5.74) is 1.50. The predicted molar refractivity (Wildman–Crippen MR) is 93.1 cm³/mol. The smallest absolute Gasteiger partial charge is 0.251 e. The quantitative estimate of drug-likeness (QED) is 0.846. The number of ether oxygens (including phenoxy) is 1. The van der Waals surface area contributed by atoms with Gasteiger partial charge in [0.2, 0.25) is 0 Å². The molecule has 23 heavy (non-hydrogen) atoms. The zero-order chi connectivity index (χ0) is 16.8. The molecule has 0 bridgehead atoms. The van der Waals surface area contributed by atoms with Crippen molar-refractivity contribution in [3.63, 3.8) is 0 Å². The van der Waals surface area contributed by atoms with E-state index in [9.17, 15) is 4.79 Å². The fourth-order valence-electron chi connectivity index (χ4n) is 1.88. The molecule has 1 atom stereocenters. The first-order valence-corrected chi connectivity index (χ1v) is 8.42. The number of nitrogens with one attached hydrogen (secondary N) is 1. The second-order valence-electron chi connectivity index (χ2n) is 5.70. The molecule has 5 nitrogen and oxygen atoms in total. The van der Waals surface area contributed by atoms with Gasteiger partial charge in [-0.25, -0.2) is 4.98 Å². The molecule has 1 amide bonds. The number of rotatable bonds is 7. The van der Waals surface area contributed by atoms with Gasteiger partial charge in [-0.2, -0.15) is 0 Å². The molecule has 2 aromatic rings. The van der Waals surface area contributed by atoms with Crippen molar-refractivity contribution in [1.29, 1.82) is 0 Å². The largest absolute Gasteiger partial charge is 0.487 e. The highest BCUT2D eigenvalue weighted by molar-refractivity contribution is 7.09. The molecular formula is C17H23N3O2S. The van der Waals surface area contributed by atoms with Crippen LogP contribution in [0.2, 0.25) is 0 Å². The van der Waals surface area contributed by atoms with Gasteiger partial charge in [0.15, 0.2) is 0 Å². The zero-order valence-electron chi connectivity index (χ0n) is 14.0. The summed E-state index contributed by atoms with van der Waals surface area (Å²) in [7, 11) is 3.98. The van der Waals surface area contributed by atoms with E-state index in [0.29, 0.717) is 24.5 Å². The van der Waals surface area contributed by atoms with Crippen LogP contribution in [0.5, 0.6) is 5.75 Å². The van der Waals surface area contributed by atoms with Crippen molar-refractivity contribution in [2.24, 2.45) is 0 Å². The van der Waals surface area contributed by atoms with Crippen molar-refractivity contribution in [1.82, 2.24) is 15.2 Å². The topological polar surface area (TPSA) is 54.5 Å². The lowest BCUT2D eigenvalue weighted by Gasteiger charge is -2.20. The number of thiazole rings is 1. The third-order valence-corrected chi connectivity index (χ3v) is 4.41. The molecule has 1 heterocycles. The highest BCUT2D eigenvalue weighted by Crippen LogP contribution is 2.16. The lowest BCUT2D eigenvalue weighted by Crippen LogP contribution is -2.38. The lowest BCUT2D eigenvalue weighted by atomic mass is 10.2. The molecule has 1 N–H and O–H groups in total. The van der Waals surface area contributed by atoms with Gasteiger partial charge < -0.3 is 15.0 Å². The number of aryl methyl sites for hydroxylation is 1. The second-order valence-corrected chi connectivity index (χ2v) is 6.76. The van der Waals surface area contributed by atoms with Gasteiger partial charge in [0.25, 0.3) is 5.91 Å². The highest BCUT2D eigenvalue weighted by Gasteiger charge is 2.10. The van der Waals surface area contributed by atoms with Gasteiger partial charge >= 0.3 is 0 Å². The van der Waals surface area contributed by atoms with Gasteiger partial charge in [0, 0.05) is 23.5 Å². The monoisotopic (exact) mass is 333 g/mol. The minimum atomic E-state index is -0.0892. The van der Waals surface area contributed by atoms with Crippen LogP contribution in [-0.4, -0.2) is 42.5 Å². The Bertz CT molecular complexity index is 655. The van der Waals surface area contributed by atoms with Gasteiger partial charge in [-0.3, -0.25) is 4.79 Å². The number of benzene rings is 1. The maximum atomic E-state index is 12.2. The first kappa shape index (κ1) is 17.4. The fourth-order valence-corrected chi connectivity index (χ4v) is 2.48. The zero-order valence-corrected chi connectivity index (χ0v) is 14.8. The fraction of sp³-hybridized carbons (Fsp3) is 0.412. The van der Waals surface area contributed by atoms with Crippen molar-refractivity contribution >= 4 is 17.2 Å². The molecule has 0 aliphatic heterocycles. The summed E-state index contributed by atoms with van der Waals surface area (Å²) in [4.78, 5) is 18.6. The van der Waals surface area contributed by atoms with Gasteiger partial charge in [0.1, 0.15) is 12.4 Å². The summed E-state index contributed by atoms with van der Waals surface area (Å²) in [5, 5.41) is 5.94. The molecule has 0 radical (unpaired) electrons. The average molecular weight is 333 g/mol. The van der Waals surface area contributed by atoms with Crippen molar-refractivity contribution < 1.29 is 9.53 Å². The number of carbonyl (C=O) groups is 1. The minimum Gasteiger partial charge on any atom is -0.487 e. The van der Waals surface area contributed by atoms with E-state index >= 15 is 0 Å². The number of aromatic nitrogens is 1. The van der Waals surface area contributed by atoms with E-state index in [-0.39, 0.29) is 11.9 Å². The molecule has 1 aromatic carbocycles. The van der Waals surface area contributed by atoms with Crippen molar-refractivity contribution in [2.45, 2.75) is 26.5 Å². The maximum Gasteiger partial charge on any atom is 0.251 e. The number of hydrogen-bond acceptors (Lipinski definition) is 5. The van der Waals surface area contributed by atoms with E-state index in [4.69, 9.17) is 4.74 Å². The Hall–Kier alpha value is -1.92. The second kappa shape index (κ2) is 8.08. The number of carbonyl (C=O) groups excluding carboxylic acids is 1. The molecule has 0 aliphatic rings. The van der Waals surface area contributed by atoms with Crippen LogP contribution in [0.15, 0.2) is 29.6 Å². The summed E-state index contributed by atoms with van der Waals surface area (Å²) < 4.78 is 5.72. The van der Waals surface area contributed by atoms with E-state index in [0.717, 1.165) is 10.7 Å². The third kappa shape index (κ3) is 5.33. The van der Waals surface area contributed by atoms with Gasteiger partial charge in [-0.15, -0.1) is 11.3 Å². The van der Waals surface area contributed by atoms with Crippen LogP contribution in [0.4, 0.5) is 0 Å². The average Bonchev–Trinajstić information content (AvgIpc) is 2.96. The van der Waals surface area contributed by atoms with E-state index in [1.807, 2.05) is 38.5 Å². The van der Waals surface area contributed by atoms with Crippen molar-refractivity contribution in [3.05, 3.63) is 45.9 Å². The van der Waals surface area contributed by atoms with Gasteiger partial charge in [0.05, 0.1) is 10.7 Å². The molecule has 1 aromatic heterocycles. The molecule has 0 unspecified atom stereocenters. The Morgan fingerprint density at radius 1 is 1.43 bits per heavy atom. The Balaban J connectivity index is 1.92. The predicted octanol–water partition coefficient (Wildman–Crippen LogP) is 2.71. The van der Waals surface area contributed by atoms with E-state index in [1.54, 1.807) is 23.5 Å². The number of nitrogens with zero attached hydrogens (tertiary/aromatic N) is 2. The summed E-state index contributed by atoms with van der Waals surface area (Å²) in [6, 6.07) is 7.50. The van der Waals surface area contributed by atoms with Gasteiger partial charge in [-0.05, 0) is 46.1 Å². The molecule has 124 valence electrons. The number of hydrogen-bond donors (Lipinski definition) is 1. The van der Waals surface area contributed by atoms with Crippen LogP contribution >= 0.6 is 11.3 Å². The molecule has 6 heteroatoms. The highest BCUT2D eigenvalue weighted by atomic mass is 32.1. The molecular weight excluding hydrogens is 310 g/mol. The molecule has 0 saturated carbocycles. The van der Waals surface area contributed by atoms with Gasteiger partial charge in [-0.1, -0.05) is 6.07 Å². The van der Waals surface area contributed by atoms with E-state index in [1.165, 1.54) is 0 Å². The normalized spacial score (nSPS) is 12.2. The molecule has 2 rings (SSSR count). The molecule has 0 saturated heterocycles. The maximum absolute atomic E-state index is 12.2. The van der Waals surface area contributed by atoms with E-state index in [2.05, 4.69) is 22.1 Å². The van der Waals surface area contributed by atoms with Crippen LogP contribution < -0.4 is 10.1 Å². The Morgan fingerprint density at radius 3 is 2.87 bits per heavy atom. The first-order chi connectivity index (χ1) is 11.0. The Labute approximate surface area is 141 Å². The molecule has 0 spiro atoms. The Morgan fingerprint density at radius 2 is 2.22 bits per heavy atom. The Kier molecular flexibility index (Phi) is 6.12. The minimum absolute atomic E-state index is 0.0892. The summed E-state index contributed by atoms with van der Waals surface area (Å²) >= 11 is 1.60. The molecule has 0 fully saturated rings. The van der Waals surface area contributed by atoms with Crippen LogP contribution in [0.25, 0.3) is 0 Å². The third-order valence-electron chi connectivity index (χ3n) is 3.59. The lowest BCUT2D eigenvalue weighted by molar-refractivity contribution is 0.0943. The number of likely N-dealkylation sites (N-methyl/N-ethyl adjacent to an activating group) is 1. The summed E-state index contributed by atoms with van der Waals surface area (Å²) in [6.45, 7) is 5.05. The van der Waals surface area contributed by atoms with Crippen LogP contribution in [0.1, 0.15) is 28.0 Å². The number of amides is 1. The first-order valence-electron chi connectivity index (χ1n) is 7.54. The standard InChI is InChI=1S/C17H23N3O2S/c1-12(20(3)4)9-18-17(21)14-6-5-7-16(8-14)22-10-15-11-23-13(2)19-15/h5-8,11-12H,9-10H2,1-4H3,(H,18,21)/t12-/m0/s1. The molecule has 0 aliphatic carbocycles. The SMILES string of the molecule is Cc1nc(COc2cccc(C(=O)NC[C@H](C)N(C)C)c2)cs1. The van der Waals surface area contributed by atoms with Crippen LogP contribution in [0.3, 0.4) is 0 Å². The van der Waals surface area contributed by atoms with Crippen LogP contribution in [0, 0.1) is 6.92 Å². The van der Waals surface area contributed by atoms with Crippen molar-refractivity contribution in [2.75, 3.05) is 20.6 Å². The van der Waals surface area contributed by atoms with Crippen LogP contribution in [-0.2, 0) is 6.61 Å². The summed E-state index contributed by atoms with van der Waals surface area (Å²) in [5.74, 6) is 0.581. The summed E-state index contributed by atoms with van der Waals surface area (Å²) in [6.07, 6.45) is 0. The van der Waals surface area contributed by atoms with Crippen molar-refractivity contribution in [3.8, 4) is 5.75 Å². The van der Waals surface area contributed by atoms with E-state index < -0.39 is 0 Å².